The first kappa shape index (κ1) is 20.5. The number of amides is 1. The summed E-state index contributed by atoms with van der Waals surface area (Å²) in [6, 6.07) is 17.2. The quantitative estimate of drug-likeness (QED) is 0.376. The molecular weight excluding hydrogens is 411 g/mol. The van der Waals surface area contributed by atoms with E-state index in [-0.39, 0.29) is 5.57 Å². The van der Waals surface area contributed by atoms with E-state index in [0.29, 0.717) is 45.2 Å². The van der Waals surface area contributed by atoms with E-state index in [1.54, 1.807) is 54.6 Å². The Morgan fingerprint density at radius 3 is 2.79 bits per heavy atom. The van der Waals surface area contributed by atoms with Crippen molar-refractivity contribution in [2.24, 2.45) is 0 Å². The number of furan rings is 1. The highest BCUT2D eigenvalue weighted by Crippen LogP contribution is 2.32. The normalized spacial score (nSPS) is 11.0. The van der Waals surface area contributed by atoms with E-state index >= 15 is 0 Å². The molecule has 0 aliphatic rings. The molecule has 0 bridgehead atoms. The van der Waals surface area contributed by atoms with Crippen LogP contribution in [0.15, 0.2) is 64.6 Å². The Hall–Kier alpha value is -3.20. The fourth-order valence-corrected chi connectivity index (χ4v) is 2.96. The smallest absolute Gasteiger partial charge is 0.266 e. The molecule has 0 fully saturated rings. The van der Waals surface area contributed by atoms with Gasteiger partial charge in [-0.3, -0.25) is 4.79 Å². The van der Waals surface area contributed by atoms with Crippen molar-refractivity contribution >= 4 is 40.9 Å². The van der Waals surface area contributed by atoms with Gasteiger partial charge in [-0.1, -0.05) is 29.3 Å². The predicted molar refractivity (Wildman–Crippen MR) is 114 cm³/mol. The number of benzene rings is 2. The number of nitrogens with one attached hydrogen (secondary N) is 1. The minimum absolute atomic E-state index is 0.107. The van der Waals surface area contributed by atoms with E-state index in [0.717, 1.165) is 0 Å². The molecule has 1 heterocycles. The summed E-state index contributed by atoms with van der Waals surface area (Å²) in [6.07, 6.45) is 1.36. The highest BCUT2D eigenvalue weighted by molar-refractivity contribution is 6.35. The van der Waals surface area contributed by atoms with Gasteiger partial charge in [-0.2, -0.15) is 5.26 Å². The topological polar surface area (TPSA) is 75.3 Å². The van der Waals surface area contributed by atoms with Crippen LogP contribution < -0.4 is 10.1 Å². The maximum Gasteiger partial charge on any atom is 0.266 e. The van der Waals surface area contributed by atoms with Crippen LogP contribution in [-0.2, 0) is 4.79 Å². The molecule has 0 aliphatic carbocycles. The number of carbonyl (C=O) groups is 1. The van der Waals surface area contributed by atoms with Crippen molar-refractivity contribution in [3.63, 3.8) is 0 Å². The lowest BCUT2D eigenvalue weighted by Crippen LogP contribution is -2.13. The van der Waals surface area contributed by atoms with E-state index in [9.17, 15) is 10.1 Å². The van der Waals surface area contributed by atoms with Crippen molar-refractivity contribution in [1.82, 2.24) is 0 Å². The van der Waals surface area contributed by atoms with E-state index in [4.69, 9.17) is 32.4 Å². The van der Waals surface area contributed by atoms with Gasteiger partial charge in [-0.05, 0) is 49.4 Å². The number of anilines is 1. The largest absolute Gasteiger partial charge is 0.494 e. The lowest BCUT2D eigenvalue weighted by atomic mass is 10.2. The first-order valence-electron chi connectivity index (χ1n) is 8.71. The van der Waals surface area contributed by atoms with Gasteiger partial charge < -0.3 is 14.5 Å². The number of hydrogen-bond donors (Lipinski definition) is 1. The molecule has 0 unspecified atom stereocenters. The molecule has 29 heavy (non-hydrogen) atoms. The molecule has 1 N–H and O–H groups in total. The number of halogens is 2. The highest BCUT2D eigenvalue weighted by atomic mass is 35.5. The van der Waals surface area contributed by atoms with Gasteiger partial charge in [0.15, 0.2) is 0 Å². The summed E-state index contributed by atoms with van der Waals surface area (Å²) in [6.45, 7) is 2.38. The van der Waals surface area contributed by atoms with Crippen molar-refractivity contribution in [3.05, 3.63) is 76.0 Å². The van der Waals surface area contributed by atoms with Crippen LogP contribution in [0.1, 0.15) is 12.7 Å². The second-order valence-electron chi connectivity index (χ2n) is 5.91. The molecule has 0 aliphatic heterocycles. The fourth-order valence-electron chi connectivity index (χ4n) is 2.58. The zero-order chi connectivity index (χ0) is 20.8. The molecule has 146 valence electrons. The van der Waals surface area contributed by atoms with Crippen LogP contribution in [0, 0.1) is 11.3 Å². The summed E-state index contributed by atoms with van der Waals surface area (Å²) < 4.78 is 11.1. The predicted octanol–water partition coefficient (Wildman–Crippen LogP) is 6.20. The number of nitriles is 1. The van der Waals surface area contributed by atoms with Crippen LogP contribution in [0.4, 0.5) is 5.69 Å². The Morgan fingerprint density at radius 2 is 2.03 bits per heavy atom. The third kappa shape index (κ3) is 5.20. The average Bonchev–Trinajstić information content (AvgIpc) is 3.17. The number of nitrogens with zero attached hydrogens (tertiary/aromatic N) is 1. The van der Waals surface area contributed by atoms with Crippen LogP contribution in [0.3, 0.4) is 0 Å². The SMILES string of the molecule is CCOc1cccc(NC(=O)C(C#N)=Cc2ccc(-c3cc(Cl)ccc3Cl)o2)c1. The van der Waals surface area contributed by atoms with Crippen molar-refractivity contribution < 1.29 is 13.9 Å². The second kappa shape index (κ2) is 9.33. The van der Waals surface area contributed by atoms with Crippen molar-refractivity contribution in [3.8, 4) is 23.1 Å². The van der Waals surface area contributed by atoms with Gasteiger partial charge in [0.05, 0.1) is 11.6 Å². The average molecular weight is 427 g/mol. The molecule has 1 amide bonds. The summed E-state index contributed by atoms with van der Waals surface area (Å²) in [5.41, 5.74) is 1.03. The maximum atomic E-state index is 12.5. The lowest BCUT2D eigenvalue weighted by Gasteiger charge is -2.07. The van der Waals surface area contributed by atoms with Crippen molar-refractivity contribution in [2.75, 3.05) is 11.9 Å². The molecule has 3 aromatic rings. The molecule has 0 spiro atoms. The van der Waals surface area contributed by atoms with Gasteiger partial charge in [0, 0.05) is 28.4 Å². The molecule has 1 aromatic heterocycles. The van der Waals surface area contributed by atoms with Gasteiger partial charge in [0.1, 0.15) is 28.9 Å². The van der Waals surface area contributed by atoms with Gasteiger partial charge in [-0.25, -0.2) is 0 Å². The van der Waals surface area contributed by atoms with Crippen LogP contribution >= 0.6 is 23.2 Å². The highest BCUT2D eigenvalue weighted by Gasteiger charge is 2.13. The Bertz CT molecular complexity index is 1110. The zero-order valence-electron chi connectivity index (χ0n) is 15.4. The Kier molecular flexibility index (Phi) is 6.61. The van der Waals surface area contributed by atoms with Gasteiger partial charge in [-0.15, -0.1) is 0 Å². The summed E-state index contributed by atoms with van der Waals surface area (Å²) >= 11 is 12.2. The van der Waals surface area contributed by atoms with E-state index in [1.807, 2.05) is 13.0 Å². The first-order valence-corrected chi connectivity index (χ1v) is 9.47. The summed E-state index contributed by atoms with van der Waals surface area (Å²) in [7, 11) is 0. The number of hydrogen-bond acceptors (Lipinski definition) is 4. The third-order valence-corrected chi connectivity index (χ3v) is 4.44. The number of rotatable bonds is 6. The molecule has 3 rings (SSSR count). The lowest BCUT2D eigenvalue weighted by molar-refractivity contribution is -0.112. The van der Waals surface area contributed by atoms with E-state index in [2.05, 4.69) is 5.32 Å². The van der Waals surface area contributed by atoms with Crippen molar-refractivity contribution in [1.29, 1.82) is 5.26 Å². The number of ether oxygens (including phenoxy) is 1. The minimum atomic E-state index is -0.556. The molecule has 0 radical (unpaired) electrons. The van der Waals surface area contributed by atoms with Crippen LogP contribution in [-0.4, -0.2) is 12.5 Å². The summed E-state index contributed by atoms with van der Waals surface area (Å²) in [4.78, 5) is 12.5. The molecule has 0 saturated heterocycles. The zero-order valence-corrected chi connectivity index (χ0v) is 16.9. The van der Waals surface area contributed by atoms with E-state index in [1.165, 1.54) is 6.08 Å². The molecular formula is C22H16Cl2N2O3. The molecule has 5 nitrogen and oxygen atoms in total. The molecule has 0 atom stereocenters. The Labute approximate surface area is 178 Å². The second-order valence-corrected chi connectivity index (χ2v) is 6.75. The Balaban J connectivity index is 1.80. The Morgan fingerprint density at radius 1 is 1.21 bits per heavy atom. The summed E-state index contributed by atoms with van der Waals surface area (Å²) in [5.74, 6) is 0.887. The minimum Gasteiger partial charge on any atom is -0.494 e. The van der Waals surface area contributed by atoms with Crippen LogP contribution in [0.25, 0.3) is 17.4 Å². The fraction of sp³-hybridized carbons (Fsp3) is 0.0909. The van der Waals surface area contributed by atoms with Crippen LogP contribution in [0.5, 0.6) is 5.75 Å². The standard InChI is InChI=1S/C22H16Cl2N2O3/c1-2-28-17-5-3-4-16(12-17)26-22(27)14(13-25)10-18-7-9-21(29-18)19-11-15(23)6-8-20(19)24/h3-12H,2H2,1H3,(H,26,27). The summed E-state index contributed by atoms with van der Waals surface area (Å²) in [5, 5.41) is 13.1. The third-order valence-electron chi connectivity index (χ3n) is 3.88. The van der Waals surface area contributed by atoms with Crippen molar-refractivity contribution in [2.45, 2.75) is 6.92 Å². The molecule has 7 heteroatoms. The van der Waals surface area contributed by atoms with Gasteiger partial charge in [0.2, 0.25) is 0 Å². The molecule has 2 aromatic carbocycles. The maximum absolute atomic E-state index is 12.5. The van der Waals surface area contributed by atoms with E-state index < -0.39 is 5.91 Å². The molecule has 0 saturated carbocycles. The van der Waals surface area contributed by atoms with Crippen LogP contribution in [0.2, 0.25) is 10.0 Å². The van der Waals surface area contributed by atoms with Gasteiger partial charge in [0.25, 0.3) is 5.91 Å². The van der Waals surface area contributed by atoms with Gasteiger partial charge >= 0.3 is 0 Å². The number of carbonyl (C=O) groups excluding carboxylic acids is 1. The first-order chi connectivity index (χ1) is 14.0. The monoisotopic (exact) mass is 426 g/mol.